The Bertz CT molecular complexity index is 631. The molecule has 3 fully saturated rings. The zero-order valence-electron chi connectivity index (χ0n) is 19.7. The predicted molar refractivity (Wildman–Crippen MR) is 121 cm³/mol. The van der Waals surface area contributed by atoms with Crippen LogP contribution in [0.15, 0.2) is 11.6 Å². The largest absolute Gasteiger partial charge is 0.393 e. The van der Waals surface area contributed by atoms with E-state index >= 15 is 0 Å². The SMILES string of the molecule is C[C@H](CCCC(C)(C)O)[C@H]1CCC2C3CC=C4CC(O)CCC4(C)C3CCC21C. The number of allylic oxidation sites excluding steroid dienone is 1. The molecule has 0 aromatic rings. The lowest BCUT2D eigenvalue weighted by molar-refractivity contribution is -0.0575. The lowest BCUT2D eigenvalue weighted by atomic mass is 9.47. The highest BCUT2D eigenvalue weighted by atomic mass is 16.3. The number of hydrogen-bond acceptors (Lipinski definition) is 2. The van der Waals surface area contributed by atoms with E-state index in [2.05, 4.69) is 26.8 Å². The second-order valence-corrected chi connectivity index (χ2v) is 12.6. The number of rotatable bonds is 5. The third-order valence-electron chi connectivity index (χ3n) is 10.3. The highest BCUT2D eigenvalue weighted by Crippen LogP contribution is 2.67. The Labute approximate surface area is 179 Å². The van der Waals surface area contributed by atoms with Crippen molar-refractivity contribution in [2.24, 2.45) is 40.4 Å². The van der Waals surface area contributed by atoms with Crippen molar-refractivity contribution in [1.29, 1.82) is 0 Å². The number of fused-ring (bicyclic) bond motifs is 5. The van der Waals surface area contributed by atoms with Crippen LogP contribution in [-0.4, -0.2) is 21.9 Å². The van der Waals surface area contributed by atoms with E-state index in [1.54, 1.807) is 5.57 Å². The first-order valence-electron chi connectivity index (χ1n) is 12.6. The van der Waals surface area contributed by atoms with E-state index in [9.17, 15) is 10.2 Å². The van der Waals surface area contributed by atoms with Crippen LogP contribution in [0, 0.1) is 40.4 Å². The molecule has 2 heteroatoms. The van der Waals surface area contributed by atoms with E-state index in [0.717, 1.165) is 55.3 Å². The quantitative estimate of drug-likeness (QED) is 0.515. The smallest absolute Gasteiger partial charge is 0.0591 e. The van der Waals surface area contributed by atoms with Gasteiger partial charge in [0.2, 0.25) is 0 Å². The molecule has 0 aliphatic heterocycles. The van der Waals surface area contributed by atoms with Gasteiger partial charge in [0.25, 0.3) is 0 Å². The molecule has 0 aromatic heterocycles. The highest BCUT2D eigenvalue weighted by molar-refractivity contribution is 5.25. The van der Waals surface area contributed by atoms with E-state index in [-0.39, 0.29) is 6.10 Å². The minimum atomic E-state index is -0.519. The molecule has 3 saturated carbocycles. The molecule has 0 saturated heterocycles. The van der Waals surface area contributed by atoms with Crippen molar-refractivity contribution in [2.75, 3.05) is 0 Å². The third kappa shape index (κ3) is 3.86. The van der Waals surface area contributed by atoms with Gasteiger partial charge in [0.05, 0.1) is 11.7 Å². The van der Waals surface area contributed by atoms with Crippen LogP contribution in [0.1, 0.15) is 105 Å². The summed E-state index contributed by atoms with van der Waals surface area (Å²) in [5.74, 6) is 4.24. The number of aliphatic hydroxyl groups is 2. The van der Waals surface area contributed by atoms with E-state index in [0.29, 0.717) is 10.8 Å². The highest BCUT2D eigenvalue weighted by Gasteiger charge is 2.59. The van der Waals surface area contributed by atoms with Crippen LogP contribution >= 0.6 is 0 Å². The standard InChI is InChI=1S/C27H46O2/c1-18(7-6-14-25(2,3)29)22-10-11-23-21-9-8-19-17-20(28)12-15-26(19,4)24(21)13-16-27(22,23)5/h8,18,20-24,28-29H,6-7,9-17H2,1-5H3/t18-,20?,21?,22-,23?,24?,26?,27?/m1/s1. The second kappa shape index (κ2) is 7.66. The Balaban J connectivity index is 1.47. The molecule has 4 rings (SSSR count). The van der Waals surface area contributed by atoms with Crippen LogP contribution in [0.4, 0.5) is 0 Å². The predicted octanol–water partition coefficient (Wildman–Crippen LogP) is 6.50. The Hall–Kier alpha value is -0.340. The summed E-state index contributed by atoms with van der Waals surface area (Å²) in [5, 5.41) is 20.3. The molecule has 0 amide bonds. The zero-order chi connectivity index (χ0) is 21.0. The van der Waals surface area contributed by atoms with Gasteiger partial charge in [-0.2, -0.15) is 0 Å². The average Bonchev–Trinajstić information content (AvgIpc) is 2.98. The molecule has 0 bridgehead atoms. The Morgan fingerprint density at radius 1 is 1.10 bits per heavy atom. The van der Waals surface area contributed by atoms with Gasteiger partial charge in [0.15, 0.2) is 0 Å². The summed E-state index contributed by atoms with van der Waals surface area (Å²) in [4.78, 5) is 0. The van der Waals surface area contributed by atoms with Gasteiger partial charge >= 0.3 is 0 Å². The molecule has 4 aliphatic rings. The van der Waals surface area contributed by atoms with Crippen LogP contribution in [0.25, 0.3) is 0 Å². The molecule has 0 radical (unpaired) electrons. The fourth-order valence-corrected chi connectivity index (χ4v) is 8.67. The monoisotopic (exact) mass is 402 g/mol. The molecule has 166 valence electrons. The average molecular weight is 403 g/mol. The molecule has 0 aromatic carbocycles. The van der Waals surface area contributed by atoms with Crippen molar-refractivity contribution in [3.05, 3.63) is 11.6 Å². The van der Waals surface area contributed by atoms with Gasteiger partial charge < -0.3 is 10.2 Å². The summed E-state index contributed by atoms with van der Waals surface area (Å²) in [6, 6.07) is 0. The fourth-order valence-electron chi connectivity index (χ4n) is 8.67. The van der Waals surface area contributed by atoms with Gasteiger partial charge in [-0.1, -0.05) is 45.3 Å². The summed E-state index contributed by atoms with van der Waals surface area (Å²) >= 11 is 0. The van der Waals surface area contributed by atoms with E-state index in [1.807, 2.05) is 13.8 Å². The maximum Gasteiger partial charge on any atom is 0.0591 e. The molecular formula is C27H46O2. The zero-order valence-corrected chi connectivity index (χ0v) is 19.7. The lowest BCUT2D eigenvalue weighted by Gasteiger charge is -2.58. The van der Waals surface area contributed by atoms with E-state index in [4.69, 9.17) is 0 Å². The van der Waals surface area contributed by atoms with Crippen LogP contribution in [0.3, 0.4) is 0 Å². The molecule has 6 unspecified atom stereocenters. The van der Waals surface area contributed by atoms with Gasteiger partial charge in [-0.15, -0.1) is 0 Å². The Morgan fingerprint density at radius 2 is 1.86 bits per heavy atom. The number of hydrogen-bond donors (Lipinski definition) is 2. The summed E-state index contributed by atoms with van der Waals surface area (Å²) in [6.45, 7) is 11.6. The lowest BCUT2D eigenvalue weighted by Crippen LogP contribution is -2.50. The van der Waals surface area contributed by atoms with E-state index < -0.39 is 5.60 Å². The molecule has 8 atom stereocenters. The topological polar surface area (TPSA) is 40.5 Å². The third-order valence-corrected chi connectivity index (χ3v) is 10.3. The van der Waals surface area contributed by atoms with Crippen LogP contribution in [-0.2, 0) is 0 Å². The summed E-state index contributed by atoms with van der Waals surface area (Å²) in [5.41, 5.74) is 1.95. The summed E-state index contributed by atoms with van der Waals surface area (Å²) < 4.78 is 0. The Kier molecular flexibility index (Phi) is 5.78. The molecule has 29 heavy (non-hydrogen) atoms. The molecule has 0 spiro atoms. The fraction of sp³-hybridized carbons (Fsp3) is 0.926. The minimum absolute atomic E-state index is 0.0969. The van der Waals surface area contributed by atoms with Gasteiger partial charge in [0.1, 0.15) is 0 Å². The van der Waals surface area contributed by atoms with Crippen molar-refractivity contribution in [2.45, 2.75) is 117 Å². The van der Waals surface area contributed by atoms with Crippen molar-refractivity contribution < 1.29 is 10.2 Å². The van der Waals surface area contributed by atoms with Crippen molar-refractivity contribution in [3.63, 3.8) is 0 Å². The van der Waals surface area contributed by atoms with Crippen molar-refractivity contribution in [1.82, 2.24) is 0 Å². The van der Waals surface area contributed by atoms with Gasteiger partial charge in [-0.25, -0.2) is 0 Å². The van der Waals surface area contributed by atoms with Gasteiger partial charge in [-0.05, 0) is 112 Å². The van der Waals surface area contributed by atoms with Crippen LogP contribution < -0.4 is 0 Å². The molecule has 2 N–H and O–H groups in total. The van der Waals surface area contributed by atoms with Crippen LogP contribution in [0.5, 0.6) is 0 Å². The normalized spacial score (nSPS) is 45.8. The minimum Gasteiger partial charge on any atom is -0.393 e. The van der Waals surface area contributed by atoms with E-state index in [1.165, 1.54) is 44.9 Å². The Morgan fingerprint density at radius 3 is 2.59 bits per heavy atom. The van der Waals surface area contributed by atoms with Crippen molar-refractivity contribution >= 4 is 0 Å². The maximum atomic E-state index is 10.2. The van der Waals surface area contributed by atoms with Crippen molar-refractivity contribution in [3.8, 4) is 0 Å². The first kappa shape index (κ1) is 21.9. The first-order chi connectivity index (χ1) is 13.5. The molecule has 4 aliphatic carbocycles. The summed E-state index contributed by atoms with van der Waals surface area (Å²) in [6.07, 6.45) is 15.9. The van der Waals surface area contributed by atoms with Gasteiger partial charge in [-0.3, -0.25) is 0 Å². The molecular weight excluding hydrogens is 356 g/mol. The summed E-state index contributed by atoms with van der Waals surface area (Å²) in [7, 11) is 0. The molecule has 2 nitrogen and oxygen atoms in total. The van der Waals surface area contributed by atoms with Gasteiger partial charge in [0, 0.05) is 0 Å². The first-order valence-corrected chi connectivity index (χ1v) is 12.6. The second-order valence-electron chi connectivity index (χ2n) is 12.6. The number of aliphatic hydroxyl groups excluding tert-OH is 1. The molecule has 0 heterocycles. The van der Waals surface area contributed by atoms with Crippen LogP contribution in [0.2, 0.25) is 0 Å². The maximum absolute atomic E-state index is 10.2.